The van der Waals surface area contributed by atoms with Crippen molar-refractivity contribution >= 4 is 5.97 Å². The summed E-state index contributed by atoms with van der Waals surface area (Å²) in [7, 11) is 3.16. The molecule has 2 rings (SSSR count). The van der Waals surface area contributed by atoms with Gasteiger partial charge >= 0.3 is 5.97 Å². The molecule has 0 spiro atoms. The van der Waals surface area contributed by atoms with Crippen molar-refractivity contribution in [3.05, 3.63) is 60.2 Å². The first kappa shape index (κ1) is 16.9. The average Bonchev–Trinajstić information content (AvgIpc) is 2.57. The van der Waals surface area contributed by atoms with Gasteiger partial charge in [-0.25, -0.2) is 9.18 Å². The van der Waals surface area contributed by atoms with Crippen LogP contribution < -0.4 is 4.74 Å². The minimum atomic E-state index is -0.550. The zero-order valence-electron chi connectivity index (χ0n) is 13.1. The maximum Gasteiger partial charge on any atom is 0.327 e. The van der Waals surface area contributed by atoms with E-state index in [4.69, 9.17) is 9.47 Å². The number of hydrogen-bond acceptors (Lipinski definition) is 5. The zero-order chi connectivity index (χ0) is 16.7. The summed E-state index contributed by atoms with van der Waals surface area (Å²) in [6.45, 7) is 0.849. The highest BCUT2D eigenvalue weighted by molar-refractivity contribution is 5.77. The topological polar surface area (TPSA) is 51.7 Å². The Morgan fingerprint density at radius 3 is 2.65 bits per heavy atom. The quantitative estimate of drug-likeness (QED) is 0.734. The number of carbonyl (C=O) groups excluding carboxylic acids is 1. The van der Waals surface area contributed by atoms with Gasteiger partial charge in [-0.15, -0.1) is 0 Å². The number of hydrogen-bond donors (Lipinski definition) is 0. The van der Waals surface area contributed by atoms with E-state index in [1.54, 1.807) is 30.6 Å². The summed E-state index contributed by atoms with van der Waals surface area (Å²) in [6.07, 6.45) is 3.29. The van der Waals surface area contributed by atoms with Crippen LogP contribution in [0.5, 0.6) is 5.75 Å². The van der Waals surface area contributed by atoms with Gasteiger partial charge in [-0.1, -0.05) is 6.07 Å². The summed E-state index contributed by atoms with van der Waals surface area (Å²) in [6, 6.07) is 8.85. The molecule has 0 aliphatic rings. The highest BCUT2D eigenvalue weighted by Gasteiger charge is 2.26. The molecule has 0 N–H and O–H groups in total. The fourth-order valence-corrected chi connectivity index (χ4v) is 2.19. The fourth-order valence-electron chi connectivity index (χ4n) is 2.19. The van der Waals surface area contributed by atoms with Crippen molar-refractivity contribution in [2.45, 2.75) is 6.04 Å². The van der Waals surface area contributed by atoms with E-state index in [0.717, 1.165) is 5.56 Å². The SMILES string of the molecule is COC(=O)[C@@H](c1cccnc1)N(C)CCOc1ccc(F)cc1. The average molecular weight is 318 g/mol. The maximum absolute atomic E-state index is 12.8. The van der Waals surface area contributed by atoms with Crippen molar-refractivity contribution in [1.29, 1.82) is 0 Å². The van der Waals surface area contributed by atoms with Gasteiger partial charge in [0.15, 0.2) is 0 Å². The number of benzene rings is 1. The fraction of sp³-hybridized carbons (Fsp3) is 0.294. The Balaban J connectivity index is 1.96. The summed E-state index contributed by atoms with van der Waals surface area (Å²) in [5.74, 6) is -0.0881. The van der Waals surface area contributed by atoms with E-state index >= 15 is 0 Å². The highest BCUT2D eigenvalue weighted by atomic mass is 19.1. The molecule has 6 heteroatoms. The molecule has 2 aromatic rings. The molecular weight excluding hydrogens is 299 g/mol. The number of rotatable bonds is 7. The Morgan fingerprint density at radius 1 is 1.30 bits per heavy atom. The number of halogens is 1. The predicted octanol–water partition coefficient (Wildman–Crippen LogP) is 2.45. The number of esters is 1. The summed E-state index contributed by atoms with van der Waals surface area (Å²) in [4.78, 5) is 17.9. The third-order valence-corrected chi connectivity index (χ3v) is 3.39. The first-order valence-electron chi connectivity index (χ1n) is 7.18. The molecule has 0 bridgehead atoms. The molecule has 0 aliphatic carbocycles. The Morgan fingerprint density at radius 2 is 2.04 bits per heavy atom. The molecule has 0 fully saturated rings. The first-order chi connectivity index (χ1) is 11.1. The molecule has 122 valence electrons. The number of likely N-dealkylation sites (N-methyl/N-ethyl adjacent to an activating group) is 1. The number of methoxy groups -OCH3 is 1. The molecule has 0 radical (unpaired) electrons. The Kier molecular flexibility index (Phi) is 6.05. The van der Waals surface area contributed by atoms with Crippen LogP contribution in [0.1, 0.15) is 11.6 Å². The monoisotopic (exact) mass is 318 g/mol. The van der Waals surface area contributed by atoms with Crippen molar-refractivity contribution in [3.63, 3.8) is 0 Å². The molecular formula is C17H19FN2O3. The summed E-state index contributed by atoms with van der Waals surface area (Å²) in [5, 5.41) is 0. The van der Waals surface area contributed by atoms with Gasteiger partial charge < -0.3 is 9.47 Å². The van der Waals surface area contributed by atoms with Crippen LogP contribution in [-0.4, -0.2) is 43.2 Å². The van der Waals surface area contributed by atoms with E-state index in [1.165, 1.54) is 19.2 Å². The van der Waals surface area contributed by atoms with Crippen LogP contribution in [0.2, 0.25) is 0 Å². The normalized spacial score (nSPS) is 12.0. The first-order valence-corrected chi connectivity index (χ1v) is 7.18. The number of nitrogens with zero attached hydrogens (tertiary/aromatic N) is 2. The number of ether oxygens (including phenoxy) is 2. The van der Waals surface area contributed by atoms with E-state index in [1.807, 2.05) is 18.0 Å². The molecule has 0 saturated carbocycles. The van der Waals surface area contributed by atoms with Crippen molar-refractivity contribution in [3.8, 4) is 5.75 Å². The van der Waals surface area contributed by atoms with Gasteiger partial charge in [0.2, 0.25) is 0 Å². The zero-order valence-corrected chi connectivity index (χ0v) is 13.1. The maximum atomic E-state index is 12.8. The molecule has 5 nitrogen and oxygen atoms in total. The second-order valence-corrected chi connectivity index (χ2v) is 5.00. The van der Waals surface area contributed by atoms with E-state index in [0.29, 0.717) is 18.9 Å². The van der Waals surface area contributed by atoms with Crippen LogP contribution >= 0.6 is 0 Å². The van der Waals surface area contributed by atoms with Crippen LogP contribution in [0.15, 0.2) is 48.8 Å². The molecule has 0 amide bonds. The van der Waals surface area contributed by atoms with Crippen molar-refractivity contribution in [2.75, 3.05) is 27.3 Å². The molecule has 1 heterocycles. The van der Waals surface area contributed by atoms with Gasteiger partial charge in [-0.05, 0) is 42.9 Å². The molecule has 23 heavy (non-hydrogen) atoms. The van der Waals surface area contributed by atoms with Crippen LogP contribution in [0.3, 0.4) is 0 Å². The molecule has 0 aliphatic heterocycles. The van der Waals surface area contributed by atoms with Crippen molar-refractivity contribution in [2.24, 2.45) is 0 Å². The van der Waals surface area contributed by atoms with Crippen LogP contribution in [0.4, 0.5) is 4.39 Å². The van der Waals surface area contributed by atoms with Crippen molar-refractivity contribution in [1.82, 2.24) is 9.88 Å². The number of aromatic nitrogens is 1. The number of carbonyl (C=O) groups is 1. The van der Waals surface area contributed by atoms with Crippen LogP contribution in [-0.2, 0) is 9.53 Å². The van der Waals surface area contributed by atoms with Gasteiger partial charge in [0.25, 0.3) is 0 Å². The number of pyridine rings is 1. The lowest BCUT2D eigenvalue weighted by Gasteiger charge is -2.25. The lowest BCUT2D eigenvalue weighted by Crippen LogP contribution is -2.34. The summed E-state index contributed by atoms with van der Waals surface area (Å²) in [5.41, 5.74) is 0.753. The Labute approximate surface area is 134 Å². The summed E-state index contributed by atoms with van der Waals surface area (Å²) >= 11 is 0. The standard InChI is InChI=1S/C17H19FN2O3/c1-20(10-11-23-15-7-5-14(18)6-8-15)16(17(21)22-2)13-4-3-9-19-12-13/h3-9,12,16H,10-11H2,1-2H3/t16-/m1/s1. The van der Waals surface area contributed by atoms with Gasteiger partial charge in [0, 0.05) is 18.9 Å². The largest absolute Gasteiger partial charge is 0.492 e. The van der Waals surface area contributed by atoms with E-state index in [2.05, 4.69) is 4.98 Å². The molecule has 0 unspecified atom stereocenters. The minimum Gasteiger partial charge on any atom is -0.492 e. The van der Waals surface area contributed by atoms with Crippen LogP contribution in [0.25, 0.3) is 0 Å². The van der Waals surface area contributed by atoms with E-state index in [-0.39, 0.29) is 11.8 Å². The minimum absolute atomic E-state index is 0.309. The van der Waals surface area contributed by atoms with Crippen molar-refractivity contribution < 1.29 is 18.7 Å². The van der Waals surface area contributed by atoms with Gasteiger partial charge in [0.1, 0.15) is 24.2 Å². The van der Waals surface area contributed by atoms with Gasteiger partial charge in [0.05, 0.1) is 7.11 Å². The van der Waals surface area contributed by atoms with Crippen LogP contribution in [0, 0.1) is 5.82 Å². The molecule has 1 aromatic carbocycles. The third-order valence-electron chi connectivity index (χ3n) is 3.39. The smallest absolute Gasteiger partial charge is 0.327 e. The van der Waals surface area contributed by atoms with Gasteiger partial charge in [-0.2, -0.15) is 0 Å². The van der Waals surface area contributed by atoms with E-state index in [9.17, 15) is 9.18 Å². The second kappa shape index (κ2) is 8.24. The Hall–Kier alpha value is -2.47. The third kappa shape index (κ3) is 4.75. The predicted molar refractivity (Wildman–Crippen MR) is 83.5 cm³/mol. The second-order valence-electron chi connectivity index (χ2n) is 5.00. The highest BCUT2D eigenvalue weighted by Crippen LogP contribution is 2.20. The molecule has 0 saturated heterocycles. The Bertz CT molecular complexity index is 619. The summed E-state index contributed by atoms with van der Waals surface area (Å²) < 4.78 is 23.3. The lowest BCUT2D eigenvalue weighted by atomic mass is 10.1. The molecule has 1 atom stereocenters. The van der Waals surface area contributed by atoms with E-state index < -0.39 is 6.04 Å². The van der Waals surface area contributed by atoms with Gasteiger partial charge in [-0.3, -0.25) is 9.88 Å². The lowest BCUT2D eigenvalue weighted by molar-refractivity contribution is -0.146. The molecule has 1 aromatic heterocycles.